The molecule has 0 spiro atoms. The zero-order valence-electron chi connectivity index (χ0n) is 9.94. The number of hydrogen-bond acceptors (Lipinski definition) is 4. The summed E-state index contributed by atoms with van der Waals surface area (Å²) in [5, 5.41) is 9.58. The number of aromatic nitrogens is 2. The smallest absolute Gasteiger partial charge is 0.256 e. The van der Waals surface area contributed by atoms with Crippen LogP contribution in [0.2, 0.25) is 5.02 Å². The van der Waals surface area contributed by atoms with E-state index in [0.717, 1.165) is 11.1 Å². The standard InChI is InChI=1S/C13H10ClN3O/c1-8-5-10(14)6-9(2)12(8)18-13-11(7-15)16-3-4-17-13/h3-6H,1-2H3. The van der Waals surface area contributed by atoms with E-state index in [2.05, 4.69) is 9.97 Å². The second-order valence-corrected chi connectivity index (χ2v) is 4.23. The lowest BCUT2D eigenvalue weighted by molar-refractivity contribution is 0.451. The third kappa shape index (κ3) is 2.41. The summed E-state index contributed by atoms with van der Waals surface area (Å²) in [7, 11) is 0. The summed E-state index contributed by atoms with van der Waals surface area (Å²) in [4.78, 5) is 7.90. The van der Waals surface area contributed by atoms with Crippen molar-refractivity contribution >= 4 is 11.6 Å². The first-order valence-electron chi connectivity index (χ1n) is 5.27. The molecule has 1 aromatic carbocycles. The number of benzene rings is 1. The van der Waals surface area contributed by atoms with Gasteiger partial charge in [-0.15, -0.1) is 0 Å². The lowest BCUT2D eigenvalue weighted by Gasteiger charge is -2.11. The van der Waals surface area contributed by atoms with Crippen molar-refractivity contribution in [3.63, 3.8) is 0 Å². The highest BCUT2D eigenvalue weighted by Gasteiger charge is 2.11. The fourth-order valence-corrected chi connectivity index (χ4v) is 1.96. The molecule has 0 aliphatic heterocycles. The molecule has 0 bridgehead atoms. The van der Waals surface area contributed by atoms with Crippen LogP contribution in [0, 0.1) is 25.2 Å². The van der Waals surface area contributed by atoms with Crippen LogP contribution in [0.5, 0.6) is 11.6 Å². The molecule has 0 fully saturated rings. The summed E-state index contributed by atoms with van der Waals surface area (Å²) < 4.78 is 5.66. The minimum absolute atomic E-state index is 0.159. The normalized spacial score (nSPS) is 9.89. The van der Waals surface area contributed by atoms with Crippen molar-refractivity contribution in [3.8, 4) is 17.7 Å². The molecule has 90 valence electrons. The molecule has 0 atom stereocenters. The summed E-state index contributed by atoms with van der Waals surface area (Å²) in [6, 6.07) is 5.54. The fraction of sp³-hybridized carbons (Fsp3) is 0.154. The van der Waals surface area contributed by atoms with Gasteiger partial charge in [0.05, 0.1) is 0 Å². The van der Waals surface area contributed by atoms with Gasteiger partial charge in [0.15, 0.2) is 0 Å². The van der Waals surface area contributed by atoms with Crippen molar-refractivity contribution in [1.29, 1.82) is 5.26 Å². The van der Waals surface area contributed by atoms with E-state index in [1.165, 1.54) is 12.4 Å². The van der Waals surface area contributed by atoms with Crippen molar-refractivity contribution in [1.82, 2.24) is 9.97 Å². The van der Waals surface area contributed by atoms with Crippen molar-refractivity contribution < 1.29 is 4.74 Å². The van der Waals surface area contributed by atoms with E-state index in [0.29, 0.717) is 10.8 Å². The second kappa shape index (κ2) is 5.03. The molecule has 1 heterocycles. The Hall–Kier alpha value is -2.12. The number of nitriles is 1. The number of rotatable bonds is 2. The molecule has 2 aromatic rings. The Balaban J connectivity index is 2.44. The summed E-state index contributed by atoms with van der Waals surface area (Å²) in [5.74, 6) is 0.852. The van der Waals surface area contributed by atoms with Gasteiger partial charge in [-0.2, -0.15) is 5.26 Å². The van der Waals surface area contributed by atoms with Gasteiger partial charge < -0.3 is 4.74 Å². The monoisotopic (exact) mass is 259 g/mol. The Morgan fingerprint density at radius 2 is 1.78 bits per heavy atom. The molecule has 4 nitrogen and oxygen atoms in total. The fourth-order valence-electron chi connectivity index (χ4n) is 1.63. The predicted octanol–water partition coefficient (Wildman–Crippen LogP) is 3.41. The molecule has 0 aliphatic rings. The summed E-state index contributed by atoms with van der Waals surface area (Å²) in [6.45, 7) is 3.77. The Labute approximate surface area is 110 Å². The number of ether oxygens (including phenoxy) is 1. The molecule has 0 aliphatic carbocycles. The molecule has 0 amide bonds. The maximum Gasteiger partial charge on any atom is 0.256 e. The van der Waals surface area contributed by atoms with Crippen LogP contribution in [0.1, 0.15) is 16.8 Å². The maximum atomic E-state index is 8.93. The number of aryl methyl sites for hydroxylation is 2. The van der Waals surface area contributed by atoms with Crippen LogP contribution in [-0.4, -0.2) is 9.97 Å². The third-order valence-electron chi connectivity index (χ3n) is 2.39. The molecule has 0 unspecified atom stereocenters. The lowest BCUT2D eigenvalue weighted by atomic mass is 10.1. The zero-order valence-corrected chi connectivity index (χ0v) is 10.7. The molecule has 1 aromatic heterocycles. The molecule has 0 N–H and O–H groups in total. The van der Waals surface area contributed by atoms with Gasteiger partial charge in [0.2, 0.25) is 5.69 Å². The first-order chi connectivity index (χ1) is 8.61. The van der Waals surface area contributed by atoms with Gasteiger partial charge in [-0.3, -0.25) is 0 Å². The number of hydrogen-bond donors (Lipinski definition) is 0. The highest BCUT2D eigenvalue weighted by Crippen LogP contribution is 2.31. The topological polar surface area (TPSA) is 58.8 Å². The van der Waals surface area contributed by atoms with E-state index in [1.807, 2.05) is 19.9 Å². The molecule has 18 heavy (non-hydrogen) atoms. The van der Waals surface area contributed by atoms with E-state index < -0.39 is 0 Å². The first kappa shape index (κ1) is 12.3. The molecule has 0 radical (unpaired) electrons. The van der Waals surface area contributed by atoms with Crippen LogP contribution in [0.3, 0.4) is 0 Å². The Bertz CT molecular complexity index is 611. The number of halogens is 1. The second-order valence-electron chi connectivity index (χ2n) is 3.79. The van der Waals surface area contributed by atoms with Gasteiger partial charge in [0, 0.05) is 17.4 Å². The quantitative estimate of drug-likeness (QED) is 0.829. The van der Waals surface area contributed by atoms with E-state index >= 15 is 0 Å². The van der Waals surface area contributed by atoms with E-state index in [-0.39, 0.29) is 11.6 Å². The van der Waals surface area contributed by atoms with Gasteiger partial charge in [-0.25, -0.2) is 9.97 Å². The minimum Gasteiger partial charge on any atom is -0.436 e. The maximum absolute atomic E-state index is 8.93. The van der Waals surface area contributed by atoms with E-state index in [4.69, 9.17) is 21.6 Å². The molecular weight excluding hydrogens is 250 g/mol. The molecule has 5 heteroatoms. The highest BCUT2D eigenvalue weighted by atomic mass is 35.5. The largest absolute Gasteiger partial charge is 0.436 e. The van der Waals surface area contributed by atoms with Gasteiger partial charge in [0.1, 0.15) is 11.8 Å². The van der Waals surface area contributed by atoms with E-state index in [1.54, 1.807) is 12.1 Å². The Morgan fingerprint density at radius 3 is 2.39 bits per heavy atom. The van der Waals surface area contributed by atoms with Gasteiger partial charge in [-0.1, -0.05) is 11.6 Å². The Morgan fingerprint density at radius 1 is 1.17 bits per heavy atom. The van der Waals surface area contributed by atoms with Crippen molar-refractivity contribution in [2.45, 2.75) is 13.8 Å². The van der Waals surface area contributed by atoms with Gasteiger partial charge in [-0.05, 0) is 37.1 Å². The van der Waals surface area contributed by atoms with Gasteiger partial charge in [0.25, 0.3) is 5.88 Å². The van der Waals surface area contributed by atoms with Crippen molar-refractivity contribution in [3.05, 3.63) is 46.4 Å². The van der Waals surface area contributed by atoms with Crippen LogP contribution < -0.4 is 4.74 Å². The molecule has 2 rings (SSSR count). The average molecular weight is 260 g/mol. The first-order valence-corrected chi connectivity index (χ1v) is 5.65. The lowest BCUT2D eigenvalue weighted by Crippen LogP contribution is -1.97. The van der Waals surface area contributed by atoms with Crippen LogP contribution in [0.4, 0.5) is 0 Å². The zero-order chi connectivity index (χ0) is 13.1. The van der Waals surface area contributed by atoms with Crippen molar-refractivity contribution in [2.24, 2.45) is 0 Å². The summed E-state index contributed by atoms with van der Waals surface area (Å²) in [5.41, 5.74) is 1.93. The number of nitrogens with zero attached hydrogens (tertiary/aromatic N) is 3. The average Bonchev–Trinajstić information content (AvgIpc) is 2.34. The molecular formula is C13H10ClN3O. The summed E-state index contributed by atoms with van der Waals surface area (Å²) >= 11 is 5.95. The predicted molar refractivity (Wildman–Crippen MR) is 67.7 cm³/mol. The van der Waals surface area contributed by atoms with Crippen LogP contribution in [-0.2, 0) is 0 Å². The van der Waals surface area contributed by atoms with Crippen molar-refractivity contribution in [2.75, 3.05) is 0 Å². The molecule has 0 saturated heterocycles. The third-order valence-corrected chi connectivity index (χ3v) is 2.61. The highest BCUT2D eigenvalue weighted by molar-refractivity contribution is 6.30. The van der Waals surface area contributed by atoms with Gasteiger partial charge >= 0.3 is 0 Å². The summed E-state index contributed by atoms with van der Waals surface area (Å²) in [6.07, 6.45) is 2.93. The van der Waals surface area contributed by atoms with E-state index in [9.17, 15) is 0 Å². The molecule has 0 saturated carbocycles. The van der Waals surface area contributed by atoms with Crippen LogP contribution in [0.25, 0.3) is 0 Å². The minimum atomic E-state index is 0.159. The SMILES string of the molecule is Cc1cc(Cl)cc(C)c1Oc1nccnc1C#N. The Kier molecular flexibility index (Phi) is 3.45. The van der Waals surface area contributed by atoms with Crippen LogP contribution >= 0.6 is 11.6 Å². The van der Waals surface area contributed by atoms with Crippen LogP contribution in [0.15, 0.2) is 24.5 Å².